The van der Waals surface area contributed by atoms with Crippen molar-refractivity contribution in [3.8, 4) is 11.5 Å². The van der Waals surface area contributed by atoms with Gasteiger partial charge in [-0.15, -0.1) is 0 Å². The molecule has 2 heterocycles. The molecule has 0 radical (unpaired) electrons. The van der Waals surface area contributed by atoms with Crippen LogP contribution in [-0.2, 0) is 16.1 Å². The van der Waals surface area contributed by atoms with Gasteiger partial charge in [0.05, 0.1) is 30.9 Å². The first kappa shape index (κ1) is 18.4. The molecule has 2 aromatic carbocycles. The van der Waals surface area contributed by atoms with Crippen LogP contribution in [0.2, 0.25) is 0 Å². The molecule has 2 unspecified atom stereocenters. The third-order valence-electron chi connectivity index (χ3n) is 4.75. The molecule has 0 N–H and O–H groups in total. The molecule has 2 aliphatic heterocycles. The first-order valence-corrected chi connectivity index (χ1v) is 9.34. The van der Waals surface area contributed by atoms with Crippen molar-refractivity contribution in [2.75, 3.05) is 19.1 Å². The maximum Gasteiger partial charge on any atom is 0.263 e. The fraction of sp³-hybridized carbons (Fsp3) is 0.263. The molecule has 2 atom stereocenters. The van der Waals surface area contributed by atoms with E-state index < -0.39 is 12.1 Å². The summed E-state index contributed by atoms with van der Waals surface area (Å²) in [6, 6.07) is 10.8. The molecule has 144 valence electrons. The topological polar surface area (TPSA) is 83.8 Å². The lowest BCUT2D eigenvalue weighted by molar-refractivity contribution is -0.123. The summed E-state index contributed by atoms with van der Waals surface area (Å²) < 4.78 is 11.2. The molecule has 2 aliphatic rings. The van der Waals surface area contributed by atoms with Crippen molar-refractivity contribution in [3.05, 3.63) is 52.5 Å². The lowest BCUT2D eigenvalue weighted by atomic mass is 10.1. The number of nitrogens with zero attached hydrogens (tertiary/aromatic N) is 4. The van der Waals surface area contributed by atoms with Crippen LogP contribution in [-0.4, -0.2) is 43.1 Å². The monoisotopic (exact) mass is 444 g/mol. The number of fused-ring (bicyclic) bond motifs is 1. The molecule has 4 rings (SSSR count). The maximum absolute atomic E-state index is 13.0. The van der Waals surface area contributed by atoms with Crippen LogP contribution in [0.25, 0.3) is 0 Å². The Morgan fingerprint density at radius 1 is 1.04 bits per heavy atom. The summed E-state index contributed by atoms with van der Waals surface area (Å²) in [7, 11) is 3.15. The summed E-state index contributed by atoms with van der Waals surface area (Å²) in [5.74, 6) is 0.650. The molecule has 28 heavy (non-hydrogen) atoms. The second kappa shape index (κ2) is 7.23. The second-order valence-electron chi connectivity index (χ2n) is 6.37. The number of anilines is 1. The largest absolute Gasteiger partial charge is 0.497 e. The molecule has 0 saturated carbocycles. The number of rotatable bonds is 5. The van der Waals surface area contributed by atoms with Crippen molar-refractivity contribution in [2.45, 2.75) is 18.6 Å². The fourth-order valence-electron chi connectivity index (χ4n) is 3.33. The smallest absolute Gasteiger partial charge is 0.263 e. The summed E-state index contributed by atoms with van der Waals surface area (Å²) in [6.45, 7) is 0.350. The minimum atomic E-state index is -0.823. The van der Waals surface area contributed by atoms with Crippen LogP contribution < -0.4 is 14.4 Å². The number of amides is 2. The average molecular weight is 445 g/mol. The zero-order chi connectivity index (χ0) is 19.8. The van der Waals surface area contributed by atoms with Crippen molar-refractivity contribution >= 4 is 33.4 Å². The number of hydrogen-bond donors (Lipinski definition) is 0. The van der Waals surface area contributed by atoms with E-state index in [0.717, 1.165) is 10.0 Å². The quantitative estimate of drug-likeness (QED) is 0.661. The number of benzene rings is 2. The Morgan fingerprint density at radius 2 is 1.79 bits per heavy atom. The minimum absolute atomic E-state index is 0.335. The molecule has 0 aromatic heterocycles. The second-order valence-corrected chi connectivity index (χ2v) is 7.23. The van der Waals surface area contributed by atoms with Gasteiger partial charge in [0.2, 0.25) is 0 Å². The number of methoxy groups -OCH3 is 2. The van der Waals surface area contributed by atoms with E-state index in [1.165, 1.54) is 4.90 Å². The van der Waals surface area contributed by atoms with E-state index in [4.69, 9.17) is 9.47 Å². The van der Waals surface area contributed by atoms with Gasteiger partial charge in [-0.1, -0.05) is 11.3 Å². The molecule has 1 saturated heterocycles. The Kier molecular flexibility index (Phi) is 4.76. The molecule has 1 fully saturated rings. The van der Waals surface area contributed by atoms with Crippen LogP contribution in [0.1, 0.15) is 5.56 Å². The van der Waals surface area contributed by atoms with E-state index in [-0.39, 0.29) is 11.8 Å². The van der Waals surface area contributed by atoms with Crippen LogP contribution in [0.3, 0.4) is 0 Å². The first-order valence-electron chi connectivity index (χ1n) is 8.55. The van der Waals surface area contributed by atoms with Gasteiger partial charge in [-0.25, -0.2) is 4.90 Å². The minimum Gasteiger partial charge on any atom is -0.497 e. The summed E-state index contributed by atoms with van der Waals surface area (Å²) in [6.07, 6.45) is 0. The number of imide groups is 1. The van der Waals surface area contributed by atoms with Gasteiger partial charge in [0.25, 0.3) is 11.8 Å². The Hall–Kier alpha value is -2.94. The Morgan fingerprint density at radius 3 is 2.43 bits per heavy atom. The maximum atomic E-state index is 13.0. The summed E-state index contributed by atoms with van der Waals surface area (Å²) in [4.78, 5) is 26.9. The molecule has 0 aliphatic carbocycles. The lowest BCUT2D eigenvalue weighted by Crippen LogP contribution is -2.39. The van der Waals surface area contributed by atoms with Crippen LogP contribution in [0.15, 0.2) is 57.3 Å². The molecule has 0 spiro atoms. The van der Waals surface area contributed by atoms with E-state index in [1.807, 2.05) is 18.2 Å². The predicted octanol–water partition coefficient (Wildman–Crippen LogP) is 2.96. The lowest BCUT2D eigenvalue weighted by Gasteiger charge is -2.21. The van der Waals surface area contributed by atoms with Crippen molar-refractivity contribution in [3.63, 3.8) is 0 Å². The SMILES string of the molecule is COc1ccc(N2C(=O)C3N=NN(Cc4ccc(OC)c(Br)c4)C3C2=O)cc1. The fourth-order valence-corrected chi connectivity index (χ4v) is 3.92. The van der Waals surface area contributed by atoms with Gasteiger partial charge >= 0.3 is 0 Å². The van der Waals surface area contributed by atoms with Gasteiger partial charge in [0.15, 0.2) is 12.1 Å². The third kappa shape index (κ3) is 3.01. The van der Waals surface area contributed by atoms with Crippen molar-refractivity contribution in [1.82, 2.24) is 5.01 Å². The van der Waals surface area contributed by atoms with Gasteiger partial charge in [-0.2, -0.15) is 5.11 Å². The van der Waals surface area contributed by atoms with Crippen LogP contribution >= 0.6 is 15.9 Å². The molecular weight excluding hydrogens is 428 g/mol. The van der Waals surface area contributed by atoms with Crippen molar-refractivity contribution in [1.29, 1.82) is 0 Å². The number of carbonyl (C=O) groups excluding carboxylic acids is 2. The third-order valence-corrected chi connectivity index (χ3v) is 5.37. The van der Waals surface area contributed by atoms with E-state index in [1.54, 1.807) is 43.5 Å². The van der Waals surface area contributed by atoms with Crippen LogP contribution in [0.5, 0.6) is 11.5 Å². The zero-order valence-corrected chi connectivity index (χ0v) is 16.8. The standard InChI is InChI=1S/C19H17BrN4O4/c1-27-13-6-4-12(5-7-13)24-18(25)16-17(19(24)26)23(22-21-16)10-11-3-8-15(28-2)14(20)9-11/h3-9,16-17H,10H2,1-2H3. The molecule has 2 amide bonds. The molecule has 8 nitrogen and oxygen atoms in total. The molecular formula is C19H17BrN4O4. The number of carbonyl (C=O) groups is 2. The highest BCUT2D eigenvalue weighted by atomic mass is 79.9. The van der Waals surface area contributed by atoms with E-state index in [0.29, 0.717) is 23.7 Å². The normalized spacial score (nSPS) is 20.7. The van der Waals surface area contributed by atoms with E-state index in [2.05, 4.69) is 26.3 Å². The van der Waals surface area contributed by atoms with Crippen LogP contribution in [0, 0.1) is 0 Å². The number of hydrogen-bond acceptors (Lipinski definition) is 7. The first-order chi connectivity index (χ1) is 13.5. The average Bonchev–Trinajstić information content (AvgIpc) is 3.22. The van der Waals surface area contributed by atoms with E-state index >= 15 is 0 Å². The number of ether oxygens (including phenoxy) is 2. The van der Waals surface area contributed by atoms with Gasteiger partial charge < -0.3 is 9.47 Å². The summed E-state index contributed by atoms with van der Waals surface area (Å²) >= 11 is 3.45. The zero-order valence-electron chi connectivity index (χ0n) is 15.2. The Bertz CT molecular complexity index is 963. The Labute approximate surface area is 169 Å². The Balaban J connectivity index is 1.56. The highest BCUT2D eigenvalue weighted by molar-refractivity contribution is 9.10. The molecule has 9 heteroatoms. The van der Waals surface area contributed by atoms with Gasteiger partial charge in [0.1, 0.15) is 11.5 Å². The highest BCUT2D eigenvalue weighted by Gasteiger charge is 2.54. The van der Waals surface area contributed by atoms with Gasteiger partial charge in [-0.3, -0.25) is 14.6 Å². The van der Waals surface area contributed by atoms with Gasteiger partial charge in [0, 0.05) is 0 Å². The molecule has 0 bridgehead atoms. The van der Waals surface area contributed by atoms with Crippen molar-refractivity contribution < 1.29 is 19.1 Å². The summed E-state index contributed by atoms with van der Waals surface area (Å²) in [5, 5.41) is 9.68. The number of halogens is 1. The van der Waals surface area contributed by atoms with Gasteiger partial charge in [-0.05, 0) is 57.9 Å². The van der Waals surface area contributed by atoms with Crippen LogP contribution in [0.4, 0.5) is 5.69 Å². The van der Waals surface area contributed by atoms with E-state index in [9.17, 15) is 9.59 Å². The van der Waals surface area contributed by atoms with Crippen molar-refractivity contribution in [2.24, 2.45) is 10.3 Å². The molecule has 2 aromatic rings. The summed E-state index contributed by atoms with van der Waals surface area (Å²) in [5.41, 5.74) is 1.41. The highest BCUT2D eigenvalue weighted by Crippen LogP contribution is 2.34. The predicted molar refractivity (Wildman–Crippen MR) is 104 cm³/mol.